The highest BCUT2D eigenvalue weighted by Crippen LogP contribution is 2.31. The molecule has 0 radical (unpaired) electrons. The Balaban J connectivity index is 1.53. The van der Waals surface area contributed by atoms with Gasteiger partial charge < -0.3 is 8.98 Å². The molecule has 148 valence electrons. The first-order chi connectivity index (χ1) is 14.5. The maximum absolute atomic E-state index is 12.7. The van der Waals surface area contributed by atoms with Gasteiger partial charge in [-0.2, -0.15) is 15.1 Å². The first-order valence-corrected chi connectivity index (χ1v) is 10.1. The molecule has 1 N–H and O–H groups in total. The summed E-state index contributed by atoms with van der Waals surface area (Å²) in [6.45, 7) is 4.01. The van der Waals surface area contributed by atoms with Gasteiger partial charge >= 0.3 is 0 Å². The van der Waals surface area contributed by atoms with Gasteiger partial charge in [0.15, 0.2) is 16.6 Å². The average Bonchev–Trinajstić information content (AvgIpc) is 3.45. The van der Waals surface area contributed by atoms with Crippen molar-refractivity contribution in [3.05, 3.63) is 83.1 Å². The molecule has 0 unspecified atom stereocenters. The Hall–Kier alpha value is -3.65. The number of nitrogens with one attached hydrogen (secondary N) is 1. The minimum atomic E-state index is -0.445. The molecule has 1 amide bonds. The zero-order valence-electron chi connectivity index (χ0n) is 16.3. The van der Waals surface area contributed by atoms with Crippen molar-refractivity contribution in [3.63, 3.8) is 0 Å². The number of amidine groups is 2. The molecule has 0 fully saturated rings. The number of hydrogen-bond acceptors (Lipinski definition) is 5. The van der Waals surface area contributed by atoms with Crippen LogP contribution >= 0.6 is 11.8 Å². The van der Waals surface area contributed by atoms with Crippen molar-refractivity contribution in [1.82, 2.24) is 9.58 Å². The highest BCUT2D eigenvalue weighted by Gasteiger charge is 2.36. The van der Waals surface area contributed by atoms with E-state index < -0.39 is 5.91 Å². The number of rotatable bonds is 3. The van der Waals surface area contributed by atoms with Crippen molar-refractivity contribution in [3.8, 4) is 5.69 Å². The first-order valence-electron chi connectivity index (χ1n) is 9.31. The van der Waals surface area contributed by atoms with E-state index in [9.17, 15) is 4.79 Å². The van der Waals surface area contributed by atoms with Crippen molar-refractivity contribution in [2.45, 2.75) is 13.8 Å². The molecule has 1 aromatic carbocycles. The molecule has 5 rings (SSSR count). The summed E-state index contributed by atoms with van der Waals surface area (Å²) in [6.07, 6.45) is 3.28. The number of amides is 1. The minimum absolute atomic E-state index is 0.00331. The second kappa shape index (κ2) is 7.00. The first kappa shape index (κ1) is 18.4. The predicted octanol–water partition coefficient (Wildman–Crippen LogP) is 4.35. The van der Waals surface area contributed by atoms with Crippen LogP contribution in [0.2, 0.25) is 0 Å². The van der Waals surface area contributed by atoms with Crippen LogP contribution in [0.1, 0.15) is 22.7 Å². The SMILES string of the molecule is Cc1cc(C=C2C(=N)N3N=C(c4ccco4)SC3=NC2=O)c(C)n1-c1ccccc1. The van der Waals surface area contributed by atoms with Gasteiger partial charge in [-0.3, -0.25) is 10.2 Å². The Bertz CT molecular complexity index is 1270. The fourth-order valence-corrected chi connectivity index (χ4v) is 4.41. The van der Waals surface area contributed by atoms with Crippen molar-refractivity contribution >= 4 is 39.8 Å². The molecular weight excluding hydrogens is 398 g/mol. The molecular formula is C22H17N5O2S. The maximum Gasteiger partial charge on any atom is 0.283 e. The number of aliphatic imine (C=N–C) groups is 1. The number of thioether (sulfide) groups is 1. The summed E-state index contributed by atoms with van der Waals surface area (Å²) in [7, 11) is 0. The maximum atomic E-state index is 12.7. The Morgan fingerprint density at radius 1 is 1.13 bits per heavy atom. The lowest BCUT2D eigenvalue weighted by Gasteiger charge is -2.20. The van der Waals surface area contributed by atoms with Crippen LogP contribution in [0.4, 0.5) is 0 Å². The van der Waals surface area contributed by atoms with Crippen LogP contribution in [-0.2, 0) is 4.79 Å². The fraction of sp³-hybridized carbons (Fsp3) is 0.0909. The zero-order chi connectivity index (χ0) is 20.8. The van der Waals surface area contributed by atoms with Crippen molar-refractivity contribution in [1.29, 1.82) is 5.41 Å². The molecule has 30 heavy (non-hydrogen) atoms. The third-order valence-corrected chi connectivity index (χ3v) is 5.89. The van der Waals surface area contributed by atoms with E-state index in [2.05, 4.69) is 14.7 Å². The van der Waals surface area contributed by atoms with Gasteiger partial charge in [0.1, 0.15) is 0 Å². The van der Waals surface area contributed by atoms with E-state index in [0.717, 1.165) is 22.6 Å². The average molecular weight is 415 g/mol. The molecule has 3 aromatic rings. The van der Waals surface area contributed by atoms with Crippen LogP contribution in [0, 0.1) is 19.3 Å². The van der Waals surface area contributed by atoms with Crippen LogP contribution in [0.3, 0.4) is 0 Å². The summed E-state index contributed by atoms with van der Waals surface area (Å²) in [5.74, 6) is 0.136. The number of para-hydroxylation sites is 1. The molecule has 0 spiro atoms. The Morgan fingerprint density at radius 2 is 1.93 bits per heavy atom. The van der Waals surface area contributed by atoms with E-state index in [1.54, 1.807) is 24.5 Å². The summed E-state index contributed by atoms with van der Waals surface area (Å²) >= 11 is 1.21. The van der Waals surface area contributed by atoms with Crippen LogP contribution in [0.15, 0.2) is 74.9 Å². The summed E-state index contributed by atoms with van der Waals surface area (Å²) in [5, 5.41) is 15.3. The fourth-order valence-electron chi connectivity index (χ4n) is 3.56. The minimum Gasteiger partial charge on any atom is -0.462 e. The van der Waals surface area contributed by atoms with E-state index in [1.165, 1.54) is 16.8 Å². The van der Waals surface area contributed by atoms with Gasteiger partial charge in [-0.1, -0.05) is 18.2 Å². The highest BCUT2D eigenvalue weighted by atomic mass is 32.2. The smallest absolute Gasteiger partial charge is 0.283 e. The van der Waals surface area contributed by atoms with Gasteiger partial charge in [-0.05, 0) is 67.6 Å². The van der Waals surface area contributed by atoms with E-state index in [4.69, 9.17) is 9.83 Å². The number of hydrogen-bond donors (Lipinski definition) is 1. The largest absolute Gasteiger partial charge is 0.462 e. The standard InChI is InChI=1S/C22H17N5O2S/c1-13-11-15(14(2)26(13)16-7-4-3-5-8-16)12-17-19(23)27-22(24-20(17)28)30-21(25-27)18-9-6-10-29-18/h3-12,23H,1-2H3. The second-order valence-corrected chi connectivity index (χ2v) is 7.86. The van der Waals surface area contributed by atoms with Crippen LogP contribution in [0.25, 0.3) is 11.8 Å². The summed E-state index contributed by atoms with van der Waals surface area (Å²) < 4.78 is 7.50. The molecule has 0 aliphatic carbocycles. The molecule has 8 heteroatoms. The van der Waals surface area contributed by atoms with E-state index in [-0.39, 0.29) is 11.4 Å². The monoisotopic (exact) mass is 415 g/mol. The highest BCUT2D eigenvalue weighted by molar-refractivity contribution is 8.27. The number of nitrogens with zero attached hydrogens (tertiary/aromatic N) is 4. The van der Waals surface area contributed by atoms with Crippen molar-refractivity contribution < 1.29 is 9.21 Å². The lowest BCUT2D eigenvalue weighted by Crippen LogP contribution is -2.35. The Morgan fingerprint density at radius 3 is 2.67 bits per heavy atom. The number of aryl methyl sites for hydroxylation is 1. The summed E-state index contributed by atoms with van der Waals surface area (Å²) in [4.78, 5) is 16.8. The quantitative estimate of drug-likeness (QED) is 0.644. The van der Waals surface area contributed by atoms with Gasteiger partial charge in [0.05, 0.1) is 11.8 Å². The normalized spacial score (nSPS) is 17.4. The van der Waals surface area contributed by atoms with Gasteiger partial charge in [0.2, 0.25) is 5.17 Å². The van der Waals surface area contributed by atoms with Crippen LogP contribution in [-0.4, -0.2) is 31.5 Å². The van der Waals surface area contributed by atoms with E-state index in [0.29, 0.717) is 16.0 Å². The number of hydrazone groups is 1. The number of carbonyl (C=O) groups is 1. The molecule has 2 aliphatic rings. The Labute approximate surface area is 176 Å². The molecule has 0 saturated carbocycles. The lowest BCUT2D eigenvalue weighted by molar-refractivity contribution is -0.114. The van der Waals surface area contributed by atoms with Gasteiger partial charge in [-0.25, -0.2) is 0 Å². The van der Waals surface area contributed by atoms with E-state index >= 15 is 0 Å². The topological polar surface area (TPSA) is 87.0 Å². The number of fused-ring (bicyclic) bond motifs is 1. The third kappa shape index (κ3) is 2.93. The van der Waals surface area contributed by atoms with Crippen LogP contribution < -0.4 is 0 Å². The van der Waals surface area contributed by atoms with Gasteiger partial charge in [0.25, 0.3) is 5.91 Å². The molecule has 7 nitrogen and oxygen atoms in total. The van der Waals surface area contributed by atoms with Gasteiger partial charge in [-0.15, -0.1) is 0 Å². The lowest BCUT2D eigenvalue weighted by atomic mass is 10.1. The number of benzene rings is 1. The van der Waals surface area contributed by atoms with Crippen molar-refractivity contribution in [2.75, 3.05) is 0 Å². The number of carbonyl (C=O) groups excluding carboxylic acids is 1. The summed E-state index contributed by atoms with van der Waals surface area (Å²) in [5.41, 5.74) is 4.14. The number of furan rings is 1. The zero-order valence-corrected chi connectivity index (χ0v) is 17.1. The van der Waals surface area contributed by atoms with Crippen molar-refractivity contribution in [2.24, 2.45) is 10.1 Å². The molecule has 0 bridgehead atoms. The molecule has 2 aliphatic heterocycles. The Kier molecular flexibility index (Phi) is 4.29. The van der Waals surface area contributed by atoms with Crippen LogP contribution in [0.5, 0.6) is 0 Å². The summed E-state index contributed by atoms with van der Waals surface area (Å²) in [6, 6.07) is 15.6. The third-order valence-electron chi connectivity index (χ3n) is 4.97. The van der Waals surface area contributed by atoms with E-state index in [1.807, 2.05) is 50.2 Å². The number of aromatic nitrogens is 1. The molecule has 4 heterocycles. The van der Waals surface area contributed by atoms with Gasteiger partial charge in [0, 0.05) is 17.1 Å². The molecule has 0 atom stereocenters. The predicted molar refractivity (Wildman–Crippen MR) is 118 cm³/mol. The second-order valence-electron chi connectivity index (χ2n) is 6.90. The molecule has 2 aromatic heterocycles. The molecule has 0 saturated heterocycles.